The van der Waals surface area contributed by atoms with Gasteiger partial charge in [-0.05, 0) is 36.8 Å². The Labute approximate surface area is 166 Å². The second kappa shape index (κ2) is 8.53. The predicted molar refractivity (Wildman–Crippen MR) is 110 cm³/mol. The number of rotatable bonds is 4. The number of amides is 2. The van der Waals surface area contributed by atoms with E-state index in [1.807, 2.05) is 30.3 Å². The molecule has 0 fully saturated rings. The van der Waals surface area contributed by atoms with Crippen molar-refractivity contribution in [3.8, 4) is 0 Å². The zero-order valence-corrected chi connectivity index (χ0v) is 15.8. The van der Waals surface area contributed by atoms with Crippen molar-refractivity contribution in [2.24, 2.45) is 15.7 Å². The first-order valence-electron chi connectivity index (χ1n) is 8.52. The fourth-order valence-corrected chi connectivity index (χ4v) is 2.73. The summed E-state index contributed by atoms with van der Waals surface area (Å²) >= 11 is 6.05. The van der Waals surface area contributed by atoms with Gasteiger partial charge in [0.2, 0.25) is 17.8 Å². The van der Waals surface area contributed by atoms with E-state index in [1.54, 1.807) is 25.1 Å². The van der Waals surface area contributed by atoms with E-state index in [9.17, 15) is 9.59 Å². The lowest BCUT2D eigenvalue weighted by Crippen LogP contribution is -2.32. The van der Waals surface area contributed by atoms with Gasteiger partial charge in [0.1, 0.15) is 6.04 Å². The molecule has 0 unspecified atom stereocenters. The number of nitrogens with one attached hydrogen (secondary N) is 3. The van der Waals surface area contributed by atoms with Gasteiger partial charge in [0.25, 0.3) is 5.91 Å². The number of hydrogen-bond acceptors (Lipinski definition) is 4. The van der Waals surface area contributed by atoms with Crippen LogP contribution in [0.1, 0.15) is 12.0 Å². The Morgan fingerprint density at radius 2 is 1.96 bits per heavy atom. The first kappa shape index (κ1) is 19.4. The molecule has 0 aromatic heterocycles. The molecule has 8 nitrogen and oxygen atoms in total. The van der Waals surface area contributed by atoms with Crippen molar-refractivity contribution in [1.29, 1.82) is 0 Å². The normalized spacial score (nSPS) is 16.4. The molecule has 0 spiro atoms. The monoisotopic (exact) mass is 398 g/mol. The zero-order chi connectivity index (χ0) is 20.1. The number of para-hydroxylation sites is 1. The highest BCUT2D eigenvalue weighted by Crippen LogP contribution is 2.23. The second-order valence-corrected chi connectivity index (χ2v) is 6.52. The molecule has 2 amide bonds. The number of nitrogens with zero attached hydrogens (tertiary/aromatic N) is 2. The minimum Gasteiger partial charge on any atom is -0.369 e. The van der Waals surface area contributed by atoms with Crippen LogP contribution >= 0.6 is 11.6 Å². The van der Waals surface area contributed by atoms with Crippen molar-refractivity contribution >= 4 is 46.7 Å². The largest absolute Gasteiger partial charge is 0.369 e. The number of guanidine groups is 2. The number of carbonyl (C=O) groups excluding carboxylic acids is 2. The molecule has 1 atom stereocenters. The summed E-state index contributed by atoms with van der Waals surface area (Å²) in [4.78, 5) is 32.5. The number of carbonyl (C=O) groups is 2. The van der Waals surface area contributed by atoms with Crippen molar-refractivity contribution in [3.05, 3.63) is 59.1 Å². The third-order valence-electron chi connectivity index (χ3n) is 4.01. The van der Waals surface area contributed by atoms with Crippen molar-refractivity contribution in [3.63, 3.8) is 0 Å². The van der Waals surface area contributed by atoms with Gasteiger partial charge in [-0.2, -0.15) is 4.99 Å². The number of halogens is 1. The lowest BCUT2D eigenvalue weighted by atomic mass is 10.1. The van der Waals surface area contributed by atoms with E-state index in [0.717, 1.165) is 11.3 Å². The highest BCUT2D eigenvalue weighted by Gasteiger charge is 2.28. The Morgan fingerprint density at radius 1 is 1.21 bits per heavy atom. The molecule has 0 radical (unpaired) electrons. The zero-order valence-electron chi connectivity index (χ0n) is 15.1. The molecule has 9 heteroatoms. The quantitative estimate of drug-likeness (QED) is 0.466. The molecule has 1 aliphatic heterocycles. The summed E-state index contributed by atoms with van der Waals surface area (Å²) in [6.07, 6.45) is -0.122. The number of anilines is 2. The summed E-state index contributed by atoms with van der Waals surface area (Å²) in [6.45, 7) is 1.80. The van der Waals surface area contributed by atoms with E-state index in [1.165, 1.54) is 0 Å². The third-order valence-corrected chi connectivity index (χ3v) is 4.42. The van der Waals surface area contributed by atoms with Crippen LogP contribution in [-0.4, -0.2) is 29.8 Å². The fraction of sp³-hybridized carbons (Fsp3) is 0.158. The molecular formula is C19H19ClN6O2. The van der Waals surface area contributed by atoms with Gasteiger partial charge in [-0.25, -0.2) is 4.99 Å². The smallest absolute Gasteiger partial charge is 0.252 e. The summed E-state index contributed by atoms with van der Waals surface area (Å²) in [5.41, 5.74) is 7.92. The van der Waals surface area contributed by atoms with Crippen molar-refractivity contribution in [2.75, 3.05) is 10.6 Å². The summed E-state index contributed by atoms with van der Waals surface area (Å²) < 4.78 is 0. The fourth-order valence-electron chi connectivity index (χ4n) is 2.56. The predicted octanol–water partition coefficient (Wildman–Crippen LogP) is 2.26. The summed E-state index contributed by atoms with van der Waals surface area (Å²) in [5.74, 6) is -0.633. The molecule has 5 N–H and O–H groups in total. The lowest BCUT2D eigenvalue weighted by molar-refractivity contribution is -0.123. The number of hydrogen-bond donors (Lipinski definition) is 4. The molecule has 0 saturated carbocycles. The average molecular weight is 399 g/mol. The van der Waals surface area contributed by atoms with Crippen LogP contribution in [0.3, 0.4) is 0 Å². The van der Waals surface area contributed by atoms with Gasteiger partial charge in [-0.15, -0.1) is 0 Å². The summed E-state index contributed by atoms with van der Waals surface area (Å²) in [5, 5.41) is 8.69. The van der Waals surface area contributed by atoms with E-state index in [-0.39, 0.29) is 24.2 Å². The van der Waals surface area contributed by atoms with E-state index in [0.29, 0.717) is 10.7 Å². The van der Waals surface area contributed by atoms with Crippen molar-refractivity contribution in [1.82, 2.24) is 5.32 Å². The Hall–Kier alpha value is -3.39. The molecular weight excluding hydrogens is 380 g/mol. The number of aliphatic imine (C=N–C) groups is 2. The van der Waals surface area contributed by atoms with Gasteiger partial charge in [-0.1, -0.05) is 35.9 Å². The lowest BCUT2D eigenvalue weighted by Gasteiger charge is -2.10. The highest BCUT2D eigenvalue weighted by atomic mass is 35.5. The first-order chi connectivity index (χ1) is 13.4. The van der Waals surface area contributed by atoms with E-state index < -0.39 is 11.9 Å². The van der Waals surface area contributed by atoms with Crippen LogP contribution < -0.4 is 21.7 Å². The van der Waals surface area contributed by atoms with E-state index in [2.05, 4.69) is 25.9 Å². The van der Waals surface area contributed by atoms with Crippen LogP contribution in [0.5, 0.6) is 0 Å². The number of benzene rings is 2. The van der Waals surface area contributed by atoms with Crippen LogP contribution in [-0.2, 0) is 9.59 Å². The van der Waals surface area contributed by atoms with E-state index in [4.69, 9.17) is 17.3 Å². The average Bonchev–Trinajstić information content (AvgIpc) is 2.98. The van der Waals surface area contributed by atoms with Gasteiger partial charge in [0, 0.05) is 16.4 Å². The molecule has 0 bridgehead atoms. The van der Waals surface area contributed by atoms with Gasteiger partial charge in [0.15, 0.2) is 0 Å². The maximum absolute atomic E-state index is 12.3. The minimum atomic E-state index is -0.872. The molecule has 1 heterocycles. The molecule has 2 aromatic carbocycles. The van der Waals surface area contributed by atoms with Crippen LogP contribution in [0.15, 0.2) is 58.5 Å². The SMILES string of the molecule is Cc1c(Cl)cccc1NC(=O)C[C@H]1N=C(N=C(N)Nc2ccccc2)NC1=O. The minimum absolute atomic E-state index is 0.0580. The van der Waals surface area contributed by atoms with Gasteiger partial charge in [-0.3, -0.25) is 14.9 Å². The maximum atomic E-state index is 12.3. The van der Waals surface area contributed by atoms with Crippen LogP contribution in [0.4, 0.5) is 11.4 Å². The standard InChI is InChI=1S/C19H19ClN6O2/c1-11-13(20)8-5-9-14(11)23-16(27)10-15-17(28)25-19(24-15)26-18(21)22-12-6-3-2-4-7-12/h2-9,15H,10H2,1H3,(H,23,27)(H4,21,22,24,25,26,28)/t15-/m1/s1. The van der Waals surface area contributed by atoms with Crippen molar-refractivity contribution < 1.29 is 9.59 Å². The van der Waals surface area contributed by atoms with E-state index >= 15 is 0 Å². The van der Waals surface area contributed by atoms with Crippen LogP contribution in [0.25, 0.3) is 0 Å². The Morgan fingerprint density at radius 3 is 2.71 bits per heavy atom. The highest BCUT2D eigenvalue weighted by molar-refractivity contribution is 6.31. The molecule has 0 aliphatic carbocycles. The second-order valence-electron chi connectivity index (χ2n) is 6.11. The first-order valence-corrected chi connectivity index (χ1v) is 8.90. The van der Waals surface area contributed by atoms with Gasteiger partial charge in [0.05, 0.1) is 6.42 Å². The molecule has 2 aromatic rings. The van der Waals surface area contributed by atoms with Crippen LogP contribution in [0.2, 0.25) is 5.02 Å². The van der Waals surface area contributed by atoms with Gasteiger partial charge < -0.3 is 16.4 Å². The van der Waals surface area contributed by atoms with Crippen molar-refractivity contribution in [2.45, 2.75) is 19.4 Å². The molecule has 1 aliphatic rings. The molecule has 3 rings (SSSR count). The Balaban J connectivity index is 1.62. The Bertz CT molecular complexity index is 958. The summed E-state index contributed by atoms with van der Waals surface area (Å²) in [6, 6.07) is 13.6. The number of nitrogens with two attached hydrogens (primary N) is 1. The van der Waals surface area contributed by atoms with Crippen LogP contribution in [0, 0.1) is 6.92 Å². The Kier molecular flexibility index (Phi) is 5.90. The topological polar surface area (TPSA) is 121 Å². The molecule has 28 heavy (non-hydrogen) atoms. The third kappa shape index (κ3) is 4.86. The van der Waals surface area contributed by atoms with Gasteiger partial charge >= 0.3 is 0 Å². The maximum Gasteiger partial charge on any atom is 0.252 e. The summed E-state index contributed by atoms with van der Waals surface area (Å²) in [7, 11) is 0. The molecule has 0 saturated heterocycles. The molecule has 144 valence electrons.